The highest BCUT2D eigenvalue weighted by Gasteiger charge is 2.53. The lowest BCUT2D eigenvalue weighted by molar-refractivity contribution is 0.00578. The maximum atomic E-state index is 12.8. The van der Waals surface area contributed by atoms with Gasteiger partial charge >= 0.3 is 13.2 Å². The number of hydrogen-bond donors (Lipinski definition) is 0. The lowest BCUT2D eigenvalue weighted by Crippen LogP contribution is -2.41. The van der Waals surface area contributed by atoms with Crippen LogP contribution in [-0.2, 0) is 32.1 Å². The Morgan fingerprint density at radius 1 is 1.18 bits per heavy atom. The van der Waals surface area contributed by atoms with Gasteiger partial charge in [-0.3, -0.25) is 4.90 Å². The van der Waals surface area contributed by atoms with Crippen LogP contribution in [-0.4, -0.2) is 65.4 Å². The molecule has 1 amide bonds. The summed E-state index contributed by atoms with van der Waals surface area (Å²) in [6.07, 6.45) is -0.361. The van der Waals surface area contributed by atoms with Gasteiger partial charge in [-0.05, 0) is 74.4 Å². The first-order valence-corrected chi connectivity index (χ1v) is 16.0. The normalized spacial score (nSPS) is 18.0. The smallest absolute Gasteiger partial charge is 0.444 e. The molecule has 0 spiro atoms. The zero-order valence-electron chi connectivity index (χ0n) is 23.4. The van der Waals surface area contributed by atoms with Crippen LogP contribution in [0.5, 0.6) is 0 Å². The van der Waals surface area contributed by atoms with Gasteiger partial charge in [-0.15, -0.1) is 0 Å². The minimum absolute atomic E-state index is 0.0479. The zero-order valence-corrected chi connectivity index (χ0v) is 24.4. The van der Waals surface area contributed by atoms with E-state index in [0.29, 0.717) is 19.9 Å². The molecule has 0 N–H and O–H groups in total. The summed E-state index contributed by atoms with van der Waals surface area (Å²) in [7, 11) is -1.77. The van der Waals surface area contributed by atoms with Crippen molar-refractivity contribution in [3.8, 4) is 0 Å². The Bertz CT molecular complexity index is 827. The molecule has 0 bridgehead atoms. The van der Waals surface area contributed by atoms with E-state index in [2.05, 4.69) is 19.6 Å². The molecule has 194 valence electrons. The van der Waals surface area contributed by atoms with Crippen LogP contribution in [0.2, 0.25) is 25.7 Å². The Labute approximate surface area is 207 Å². The third kappa shape index (κ3) is 7.83. The van der Waals surface area contributed by atoms with Crippen molar-refractivity contribution in [2.75, 3.05) is 6.61 Å². The van der Waals surface area contributed by atoms with Gasteiger partial charge in [0, 0.05) is 20.7 Å². The summed E-state index contributed by atoms with van der Waals surface area (Å²) in [4.78, 5) is 14.5. The molecule has 1 aliphatic heterocycles. The lowest BCUT2D eigenvalue weighted by atomic mass is 9.84. The van der Waals surface area contributed by atoms with E-state index in [0.717, 1.165) is 17.3 Å². The molecule has 1 saturated heterocycles. The van der Waals surface area contributed by atoms with Crippen LogP contribution in [0.3, 0.4) is 0 Å². The summed E-state index contributed by atoms with van der Waals surface area (Å²) in [5, 5.41) is 4.78. The number of carbonyl (C=O) groups is 1. The van der Waals surface area contributed by atoms with Crippen molar-refractivity contribution in [2.24, 2.45) is 0 Å². The molecule has 10 heteroatoms. The highest BCUT2D eigenvalue weighted by molar-refractivity contribution is 6.76. The van der Waals surface area contributed by atoms with Gasteiger partial charge in [0.15, 0.2) is 0 Å². The molecule has 1 aliphatic rings. The highest BCUT2D eigenvalue weighted by atomic mass is 28.3. The third-order valence-corrected chi connectivity index (χ3v) is 7.85. The van der Waals surface area contributed by atoms with E-state index >= 15 is 0 Å². The zero-order chi connectivity index (χ0) is 26.1. The number of carbonyl (C=O) groups excluding carboxylic acids is 1. The average Bonchev–Trinajstić information content (AvgIpc) is 3.11. The fraction of sp³-hybridized carbons (Fsp3) is 0.833. The summed E-state index contributed by atoms with van der Waals surface area (Å²) in [5.41, 5.74) is 0.0208. The van der Waals surface area contributed by atoms with Crippen molar-refractivity contribution in [3.05, 3.63) is 11.8 Å². The first kappa shape index (κ1) is 28.9. The van der Waals surface area contributed by atoms with Gasteiger partial charge in [0.1, 0.15) is 12.3 Å². The van der Waals surface area contributed by atoms with E-state index in [1.54, 1.807) is 9.58 Å². The number of hydrogen-bond acceptors (Lipinski definition) is 6. The van der Waals surface area contributed by atoms with E-state index in [4.69, 9.17) is 23.9 Å². The summed E-state index contributed by atoms with van der Waals surface area (Å²) < 4.78 is 26.0. The maximum Gasteiger partial charge on any atom is 0.514 e. The summed E-state index contributed by atoms with van der Waals surface area (Å²) in [6, 6.07) is 2.98. The molecule has 8 nitrogen and oxygen atoms in total. The van der Waals surface area contributed by atoms with Crippen molar-refractivity contribution in [1.82, 2.24) is 14.7 Å². The Morgan fingerprint density at radius 3 is 2.21 bits per heavy atom. The van der Waals surface area contributed by atoms with Crippen LogP contribution in [0.1, 0.15) is 68.0 Å². The predicted octanol–water partition coefficient (Wildman–Crippen LogP) is 4.64. The Hall–Kier alpha value is -1.36. The molecule has 2 rings (SSSR count). The molecular formula is C24H46BN3O5Si. The lowest BCUT2D eigenvalue weighted by Gasteiger charge is -2.32. The molecule has 1 aromatic heterocycles. The number of aromatic nitrogens is 2. The summed E-state index contributed by atoms with van der Waals surface area (Å²) in [6.45, 7) is 26.0. The topological polar surface area (TPSA) is 75.0 Å². The largest absolute Gasteiger partial charge is 0.514 e. The van der Waals surface area contributed by atoms with Crippen LogP contribution in [0.15, 0.2) is 6.07 Å². The summed E-state index contributed by atoms with van der Waals surface area (Å²) >= 11 is 0. The number of ether oxygens (including phenoxy) is 2. The van der Waals surface area contributed by atoms with Crippen molar-refractivity contribution in [3.63, 3.8) is 0 Å². The predicted molar refractivity (Wildman–Crippen MR) is 139 cm³/mol. The van der Waals surface area contributed by atoms with Crippen LogP contribution in [0, 0.1) is 0 Å². The highest BCUT2D eigenvalue weighted by Crippen LogP contribution is 2.36. The number of amides is 1. The fourth-order valence-corrected chi connectivity index (χ4v) is 4.06. The first-order chi connectivity index (χ1) is 15.3. The Balaban J connectivity index is 2.28. The minimum atomic E-state index is -1.20. The number of nitrogens with zero attached hydrogens (tertiary/aromatic N) is 3. The first-order valence-electron chi connectivity index (χ1n) is 12.3. The van der Waals surface area contributed by atoms with Crippen LogP contribution in [0.4, 0.5) is 4.79 Å². The van der Waals surface area contributed by atoms with Gasteiger partial charge in [0.2, 0.25) is 0 Å². The van der Waals surface area contributed by atoms with Gasteiger partial charge in [0.25, 0.3) is 0 Å². The second-order valence-corrected chi connectivity index (χ2v) is 18.3. The van der Waals surface area contributed by atoms with Gasteiger partial charge in [-0.1, -0.05) is 19.6 Å². The van der Waals surface area contributed by atoms with E-state index in [1.807, 2.05) is 68.4 Å². The van der Waals surface area contributed by atoms with E-state index < -0.39 is 32.0 Å². The van der Waals surface area contributed by atoms with Crippen LogP contribution >= 0.6 is 0 Å². The second kappa shape index (κ2) is 10.3. The third-order valence-electron chi connectivity index (χ3n) is 6.15. The molecule has 0 saturated carbocycles. The van der Waals surface area contributed by atoms with Gasteiger partial charge in [-0.25, -0.2) is 9.48 Å². The van der Waals surface area contributed by atoms with E-state index in [-0.39, 0.29) is 12.1 Å². The Morgan fingerprint density at radius 2 is 1.74 bits per heavy atom. The quantitative estimate of drug-likeness (QED) is 0.367. The molecule has 34 heavy (non-hydrogen) atoms. The second-order valence-electron chi connectivity index (χ2n) is 12.7. The molecule has 0 aromatic carbocycles. The maximum absolute atomic E-state index is 12.8. The summed E-state index contributed by atoms with van der Waals surface area (Å²) in [5.74, 6) is 0. The van der Waals surface area contributed by atoms with Crippen molar-refractivity contribution in [1.29, 1.82) is 0 Å². The average molecular weight is 496 g/mol. The molecule has 1 aromatic rings. The molecule has 0 aliphatic carbocycles. The molecule has 0 unspecified atom stereocenters. The van der Waals surface area contributed by atoms with E-state index in [1.165, 1.54) is 0 Å². The Kier molecular flexibility index (Phi) is 8.77. The monoisotopic (exact) mass is 495 g/mol. The SMILES string of the molecule is CC(C)N(Cc1cc(B2OC(C)(C)C(C)(C)O2)n(COCC[Si](C)(C)C)n1)C(=O)OC(C)(C)C. The van der Waals surface area contributed by atoms with Gasteiger partial charge in [0.05, 0.1) is 29.0 Å². The van der Waals surface area contributed by atoms with Gasteiger partial charge < -0.3 is 18.8 Å². The molecule has 2 heterocycles. The van der Waals surface area contributed by atoms with Crippen molar-refractivity contribution in [2.45, 2.75) is 124 Å². The van der Waals surface area contributed by atoms with Gasteiger partial charge in [-0.2, -0.15) is 5.10 Å². The molecule has 0 radical (unpaired) electrons. The van der Waals surface area contributed by atoms with Crippen LogP contribution < -0.4 is 5.59 Å². The molecular weight excluding hydrogens is 449 g/mol. The molecule has 0 atom stereocenters. The van der Waals surface area contributed by atoms with Crippen LogP contribution in [0.25, 0.3) is 0 Å². The standard InChI is InChI=1S/C24H46BN3O5Si/c1-18(2)27(21(29)31-22(3,4)5)16-19-15-20(25-32-23(6,7)24(8,9)33-25)28(26-19)17-30-13-14-34(10,11)12/h15,18H,13-14,16-17H2,1-12H3. The van der Waals surface area contributed by atoms with Crippen molar-refractivity contribution >= 4 is 26.9 Å². The number of rotatable bonds is 9. The van der Waals surface area contributed by atoms with E-state index in [9.17, 15) is 4.79 Å². The molecule has 1 fully saturated rings. The minimum Gasteiger partial charge on any atom is -0.444 e. The van der Waals surface area contributed by atoms with Crippen molar-refractivity contribution < 1.29 is 23.6 Å². The fourth-order valence-electron chi connectivity index (χ4n) is 3.30.